The Labute approximate surface area is 130 Å². The molecular formula is C16H14FNO5. The predicted molar refractivity (Wildman–Crippen MR) is 77.8 cm³/mol. The molecule has 1 atom stereocenters. The second kappa shape index (κ2) is 5.51. The van der Waals surface area contributed by atoms with Crippen molar-refractivity contribution in [2.24, 2.45) is 0 Å². The number of aliphatic hydroxyl groups excluding tert-OH is 1. The third-order valence-electron chi connectivity index (χ3n) is 3.92. The molecule has 0 bridgehead atoms. The molecule has 0 amide bonds. The number of nitrogens with zero attached hydrogens (tertiary/aromatic N) is 1. The van der Waals surface area contributed by atoms with Crippen molar-refractivity contribution < 1.29 is 28.9 Å². The standard InChI is InChI=1S/C16H14FNO5/c1-23-16(22)12-6-14(18-7-9(19)5-13(12)18)11-4-8(17)2-3-10(11)15(20)21/h2-4,6,9,19H,5,7H2,1H3,(H,20,21)/t9-/m0/s1. The maximum Gasteiger partial charge on any atom is 0.339 e. The molecule has 0 saturated carbocycles. The van der Waals surface area contributed by atoms with E-state index in [1.165, 1.54) is 19.2 Å². The highest BCUT2D eigenvalue weighted by Crippen LogP contribution is 2.34. The molecule has 0 unspecified atom stereocenters. The van der Waals surface area contributed by atoms with Gasteiger partial charge in [0.1, 0.15) is 5.82 Å². The fourth-order valence-electron chi connectivity index (χ4n) is 2.94. The van der Waals surface area contributed by atoms with Crippen molar-refractivity contribution in [3.63, 3.8) is 0 Å². The summed E-state index contributed by atoms with van der Waals surface area (Å²) >= 11 is 0. The third kappa shape index (κ3) is 2.49. The molecule has 0 spiro atoms. The molecule has 7 heteroatoms. The quantitative estimate of drug-likeness (QED) is 0.841. The molecule has 120 valence electrons. The number of rotatable bonds is 3. The monoisotopic (exact) mass is 319 g/mol. The fraction of sp³-hybridized carbons (Fsp3) is 0.250. The van der Waals surface area contributed by atoms with Crippen molar-refractivity contribution >= 4 is 11.9 Å². The van der Waals surface area contributed by atoms with Gasteiger partial charge in [0, 0.05) is 24.2 Å². The zero-order chi connectivity index (χ0) is 16.7. The Morgan fingerprint density at radius 3 is 2.70 bits per heavy atom. The van der Waals surface area contributed by atoms with Crippen LogP contribution in [0, 0.1) is 5.82 Å². The number of carboxylic acid groups (broad SMARTS) is 1. The van der Waals surface area contributed by atoms with Crippen LogP contribution >= 0.6 is 0 Å². The number of halogens is 1. The molecule has 0 radical (unpaired) electrons. The Morgan fingerprint density at radius 1 is 1.30 bits per heavy atom. The first-order valence-electron chi connectivity index (χ1n) is 6.94. The number of aromatic nitrogens is 1. The second-order valence-electron chi connectivity index (χ2n) is 5.35. The molecule has 0 saturated heterocycles. The smallest absolute Gasteiger partial charge is 0.339 e. The number of hydrogen-bond donors (Lipinski definition) is 2. The van der Waals surface area contributed by atoms with E-state index in [0.29, 0.717) is 11.4 Å². The van der Waals surface area contributed by atoms with Crippen molar-refractivity contribution in [2.45, 2.75) is 19.1 Å². The Hall–Kier alpha value is -2.67. The highest BCUT2D eigenvalue weighted by molar-refractivity contribution is 5.98. The van der Waals surface area contributed by atoms with E-state index in [1.54, 1.807) is 4.57 Å². The predicted octanol–water partition coefficient (Wildman–Crippen LogP) is 1.70. The maximum atomic E-state index is 13.6. The lowest BCUT2D eigenvalue weighted by molar-refractivity contribution is 0.0598. The highest BCUT2D eigenvalue weighted by Gasteiger charge is 2.30. The van der Waals surface area contributed by atoms with E-state index < -0.39 is 23.9 Å². The number of esters is 1. The number of ether oxygens (including phenoxy) is 1. The lowest BCUT2D eigenvalue weighted by Crippen LogP contribution is -2.09. The topological polar surface area (TPSA) is 88.8 Å². The SMILES string of the molecule is COC(=O)c1cc(-c2cc(F)ccc2C(=O)O)n2c1C[C@H](O)C2. The summed E-state index contributed by atoms with van der Waals surface area (Å²) < 4.78 is 20.0. The van der Waals surface area contributed by atoms with Crippen LogP contribution in [0.3, 0.4) is 0 Å². The lowest BCUT2D eigenvalue weighted by Gasteiger charge is -2.10. The maximum absolute atomic E-state index is 13.6. The first kappa shape index (κ1) is 15.2. The van der Waals surface area contributed by atoms with Gasteiger partial charge in [-0.15, -0.1) is 0 Å². The molecule has 2 aromatic rings. The summed E-state index contributed by atoms with van der Waals surface area (Å²) in [6, 6.07) is 4.83. The zero-order valence-corrected chi connectivity index (χ0v) is 12.2. The third-order valence-corrected chi connectivity index (χ3v) is 3.92. The van der Waals surface area contributed by atoms with Gasteiger partial charge in [0.15, 0.2) is 0 Å². The molecule has 0 fully saturated rings. The lowest BCUT2D eigenvalue weighted by atomic mass is 10.0. The van der Waals surface area contributed by atoms with Gasteiger partial charge in [-0.05, 0) is 24.3 Å². The minimum atomic E-state index is -1.20. The van der Waals surface area contributed by atoms with Crippen LogP contribution in [0.1, 0.15) is 26.4 Å². The molecule has 3 rings (SSSR count). The van der Waals surface area contributed by atoms with Gasteiger partial charge in [-0.1, -0.05) is 0 Å². The van der Waals surface area contributed by atoms with Crippen LogP contribution in [0.25, 0.3) is 11.3 Å². The van der Waals surface area contributed by atoms with E-state index in [0.717, 1.165) is 12.1 Å². The van der Waals surface area contributed by atoms with Crippen LogP contribution in [-0.2, 0) is 17.7 Å². The number of benzene rings is 1. The number of methoxy groups -OCH3 is 1. The van der Waals surface area contributed by atoms with Crippen LogP contribution in [0.5, 0.6) is 0 Å². The molecule has 0 aliphatic carbocycles. The summed E-state index contributed by atoms with van der Waals surface area (Å²) in [5.41, 5.74) is 1.25. The van der Waals surface area contributed by atoms with E-state index >= 15 is 0 Å². The van der Waals surface area contributed by atoms with Crippen LogP contribution in [0.15, 0.2) is 24.3 Å². The molecule has 1 aromatic heterocycles. The minimum absolute atomic E-state index is 0.0792. The number of aromatic carboxylic acids is 1. The number of hydrogen-bond acceptors (Lipinski definition) is 4. The second-order valence-corrected chi connectivity index (χ2v) is 5.35. The zero-order valence-electron chi connectivity index (χ0n) is 12.2. The van der Waals surface area contributed by atoms with Crippen molar-refractivity contribution in [1.82, 2.24) is 4.57 Å². The first-order valence-corrected chi connectivity index (χ1v) is 6.94. The van der Waals surface area contributed by atoms with Gasteiger partial charge in [0.2, 0.25) is 0 Å². The molecule has 1 aromatic carbocycles. The van der Waals surface area contributed by atoms with Gasteiger partial charge in [0.25, 0.3) is 0 Å². The van der Waals surface area contributed by atoms with Gasteiger partial charge in [0.05, 0.1) is 30.0 Å². The number of carbonyl (C=O) groups excluding carboxylic acids is 1. The van der Waals surface area contributed by atoms with Crippen LogP contribution < -0.4 is 0 Å². The molecule has 1 aliphatic heterocycles. The number of aliphatic hydroxyl groups is 1. The summed E-state index contributed by atoms with van der Waals surface area (Å²) in [7, 11) is 1.24. The van der Waals surface area contributed by atoms with Gasteiger partial charge in [-0.25, -0.2) is 14.0 Å². The van der Waals surface area contributed by atoms with Crippen LogP contribution in [0.4, 0.5) is 4.39 Å². The van der Waals surface area contributed by atoms with Gasteiger partial charge >= 0.3 is 11.9 Å². The average molecular weight is 319 g/mol. The van der Waals surface area contributed by atoms with Crippen molar-refractivity contribution in [2.75, 3.05) is 7.11 Å². The number of carbonyl (C=O) groups is 2. The molecule has 1 aliphatic rings. The fourth-order valence-corrected chi connectivity index (χ4v) is 2.94. The molecule has 23 heavy (non-hydrogen) atoms. The van der Waals surface area contributed by atoms with E-state index in [2.05, 4.69) is 0 Å². The normalized spacial score (nSPS) is 16.2. The molecule has 6 nitrogen and oxygen atoms in total. The Kier molecular flexibility index (Phi) is 3.65. The summed E-state index contributed by atoms with van der Waals surface area (Å²) in [6.45, 7) is 0.206. The Morgan fingerprint density at radius 2 is 2.04 bits per heavy atom. The van der Waals surface area contributed by atoms with E-state index in [-0.39, 0.29) is 29.7 Å². The number of fused-ring (bicyclic) bond motifs is 1. The van der Waals surface area contributed by atoms with E-state index in [4.69, 9.17) is 4.74 Å². The average Bonchev–Trinajstić information content (AvgIpc) is 3.03. The summed E-state index contributed by atoms with van der Waals surface area (Å²) in [5, 5.41) is 19.2. The molecular weight excluding hydrogens is 305 g/mol. The summed E-state index contributed by atoms with van der Waals surface area (Å²) in [5.74, 6) is -2.37. The molecule has 2 heterocycles. The summed E-state index contributed by atoms with van der Waals surface area (Å²) in [4.78, 5) is 23.3. The largest absolute Gasteiger partial charge is 0.478 e. The van der Waals surface area contributed by atoms with Gasteiger partial charge in [-0.3, -0.25) is 0 Å². The van der Waals surface area contributed by atoms with Crippen molar-refractivity contribution in [3.8, 4) is 11.3 Å². The minimum Gasteiger partial charge on any atom is -0.478 e. The highest BCUT2D eigenvalue weighted by atomic mass is 19.1. The summed E-state index contributed by atoms with van der Waals surface area (Å²) in [6.07, 6.45) is -0.433. The Balaban J connectivity index is 2.24. The van der Waals surface area contributed by atoms with E-state index in [9.17, 15) is 24.2 Å². The van der Waals surface area contributed by atoms with Crippen LogP contribution in [0.2, 0.25) is 0 Å². The van der Waals surface area contributed by atoms with E-state index in [1.807, 2.05) is 0 Å². The Bertz CT molecular complexity index is 811. The van der Waals surface area contributed by atoms with Gasteiger partial charge in [-0.2, -0.15) is 0 Å². The first-order chi connectivity index (χ1) is 10.9. The van der Waals surface area contributed by atoms with Crippen molar-refractivity contribution in [1.29, 1.82) is 0 Å². The van der Waals surface area contributed by atoms with Crippen LogP contribution in [-0.4, -0.2) is 39.9 Å². The van der Waals surface area contributed by atoms with Gasteiger partial charge < -0.3 is 19.5 Å². The van der Waals surface area contributed by atoms with Crippen molar-refractivity contribution in [3.05, 3.63) is 46.9 Å². The molecule has 2 N–H and O–H groups in total. The number of carboxylic acids is 1.